The number of likely N-dealkylation sites (N-methyl/N-ethyl adjacent to an activating group) is 1. The van der Waals surface area contributed by atoms with E-state index in [1.807, 2.05) is 0 Å². The fraction of sp³-hybridized carbons (Fsp3) is 0.500. The quantitative estimate of drug-likeness (QED) is 0.417. The second-order valence-electron chi connectivity index (χ2n) is 8.02. The van der Waals surface area contributed by atoms with Crippen molar-refractivity contribution in [3.8, 4) is 0 Å². The zero-order valence-electron chi connectivity index (χ0n) is 17.4. The van der Waals surface area contributed by atoms with Crippen molar-refractivity contribution in [3.63, 3.8) is 0 Å². The van der Waals surface area contributed by atoms with Crippen LogP contribution in [-0.2, 0) is 6.54 Å². The van der Waals surface area contributed by atoms with Gasteiger partial charge < -0.3 is 20.5 Å². The Hall–Kier alpha value is -1.54. The molecule has 1 atom stereocenters. The fourth-order valence-corrected chi connectivity index (χ4v) is 4.43. The Balaban J connectivity index is 0.000000166. The van der Waals surface area contributed by atoms with Crippen molar-refractivity contribution < 1.29 is 0 Å². The lowest BCUT2D eigenvalue weighted by Crippen LogP contribution is -2.49. The molecule has 2 saturated heterocycles. The topological polar surface area (TPSA) is 46.3 Å². The largest absolute Gasteiger partial charge is 0.377 e. The van der Waals surface area contributed by atoms with Crippen molar-refractivity contribution in [2.75, 3.05) is 33.2 Å². The molecule has 3 N–H and O–H groups in total. The third-order valence-corrected chi connectivity index (χ3v) is 6.27. The fourth-order valence-electron chi connectivity index (χ4n) is 3.96. The number of thiocarbonyl (C=S) groups is 1. The number of rotatable bonds is 6. The summed E-state index contributed by atoms with van der Waals surface area (Å²) in [5, 5.41) is 7.62. The summed E-state index contributed by atoms with van der Waals surface area (Å²) in [6.07, 6.45) is 2.57. The molecule has 1 aromatic carbocycles. The van der Waals surface area contributed by atoms with Gasteiger partial charge in [0, 0.05) is 55.0 Å². The minimum absolute atomic E-state index is 0.637. The lowest BCUT2D eigenvalue weighted by molar-refractivity contribution is 0.168. The highest BCUT2D eigenvalue weighted by Crippen LogP contribution is 2.28. The molecule has 7 heteroatoms. The van der Waals surface area contributed by atoms with Gasteiger partial charge in [-0.15, -0.1) is 0 Å². The number of aromatic amines is 1. The van der Waals surface area contributed by atoms with Gasteiger partial charge in [0.15, 0.2) is 0 Å². The van der Waals surface area contributed by atoms with Gasteiger partial charge in [-0.2, -0.15) is 0 Å². The molecule has 1 aromatic heterocycles. The van der Waals surface area contributed by atoms with E-state index in [9.17, 15) is 0 Å². The minimum atomic E-state index is 0.637. The summed E-state index contributed by atoms with van der Waals surface area (Å²) in [6, 6.07) is 9.17. The van der Waals surface area contributed by atoms with Crippen molar-refractivity contribution >= 4 is 41.4 Å². The molecule has 0 aliphatic carbocycles. The van der Waals surface area contributed by atoms with Crippen LogP contribution in [0, 0.1) is 12.8 Å². The normalized spacial score (nSPS) is 20.0. The van der Waals surface area contributed by atoms with E-state index in [4.69, 9.17) is 12.2 Å². The molecule has 29 heavy (non-hydrogen) atoms. The van der Waals surface area contributed by atoms with E-state index in [0.29, 0.717) is 12.0 Å². The summed E-state index contributed by atoms with van der Waals surface area (Å²) in [5.74, 6) is 0.637. The Bertz CT molecular complexity index is 828. The molecule has 2 aliphatic heterocycles. The van der Waals surface area contributed by atoms with Gasteiger partial charge in [0.25, 0.3) is 0 Å². The third-order valence-electron chi connectivity index (χ3n) is 5.78. The number of H-pyrrole nitrogens is 1. The molecule has 158 valence electrons. The third kappa shape index (κ3) is 5.98. The number of nitrogens with one attached hydrogen (secondary N) is 3. The van der Waals surface area contributed by atoms with Crippen LogP contribution in [0.15, 0.2) is 36.5 Å². The zero-order valence-corrected chi connectivity index (χ0v) is 19.2. The van der Waals surface area contributed by atoms with Gasteiger partial charge in [0.2, 0.25) is 0 Å². The standard InChI is InChI=1S/C11H21N3S.C11H12N2S/c1-9(10-6-14(15)7-10)13-5-3-4-11(8-13)12-2;1-8-2-3-11-9(4-8)5-10(13-11)6-12-7-14/h10-12,15H,1,3-8H2,2H3;2-5,7,13H,6H2,1H3,(H,12,14). The Kier molecular flexibility index (Phi) is 8.00. The summed E-state index contributed by atoms with van der Waals surface area (Å²) in [6.45, 7) is 11.5. The number of fused-ring (bicyclic) bond motifs is 1. The highest BCUT2D eigenvalue weighted by Gasteiger charge is 2.31. The van der Waals surface area contributed by atoms with E-state index in [2.05, 4.69) is 82.5 Å². The first kappa shape index (κ1) is 22.2. The van der Waals surface area contributed by atoms with Crippen LogP contribution in [0.3, 0.4) is 0 Å². The van der Waals surface area contributed by atoms with E-state index < -0.39 is 0 Å². The van der Waals surface area contributed by atoms with E-state index in [1.54, 1.807) is 0 Å². The Morgan fingerprint density at radius 2 is 2.14 bits per heavy atom. The first-order chi connectivity index (χ1) is 14.0. The smallest absolute Gasteiger partial charge is 0.0618 e. The predicted molar refractivity (Wildman–Crippen MR) is 130 cm³/mol. The van der Waals surface area contributed by atoms with Crippen LogP contribution >= 0.6 is 25.0 Å². The molecule has 4 rings (SSSR count). The van der Waals surface area contributed by atoms with Gasteiger partial charge in [0.1, 0.15) is 0 Å². The number of nitrogens with zero attached hydrogens (tertiary/aromatic N) is 2. The SMILES string of the molecule is C=C(C1CN(S)C1)N1CCCC(NC)C1.Cc1ccc2[nH]c(CNC=S)cc2c1. The Morgan fingerprint density at radius 1 is 1.34 bits per heavy atom. The van der Waals surface area contributed by atoms with Crippen molar-refractivity contribution in [2.24, 2.45) is 5.92 Å². The van der Waals surface area contributed by atoms with E-state index >= 15 is 0 Å². The number of aryl methyl sites for hydroxylation is 1. The van der Waals surface area contributed by atoms with Crippen LogP contribution in [0.4, 0.5) is 0 Å². The lowest BCUT2D eigenvalue weighted by atomic mass is 9.96. The number of hydrogen-bond donors (Lipinski definition) is 4. The van der Waals surface area contributed by atoms with Crippen molar-refractivity contribution in [1.82, 2.24) is 24.8 Å². The number of likely N-dealkylation sites (tertiary alicyclic amines) is 1. The number of aromatic nitrogens is 1. The summed E-state index contributed by atoms with van der Waals surface area (Å²) >= 11 is 9.00. The van der Waals surface area contributed by atoms with Crippen LogP contribution < -0.4 is 10.6 Å². The Labute approximate surface area is 185 Å². The molecule has 0 radical (unpaired) electrons. The molecule has 0 spiro atoms. The number of hydrogen-bond acceptors (Lipinski definition) is 5. The lowest BCUT2D eigenvalue weighted by Gasteiger charge is -2.43. The maximum absolute atomic E-state index is 4.70. The molecule has 1 unspecified atom stereocenters. The average Bonchev–Trinajstić information content (AvgIpc) is 3.11. The summed E-state index contributed by atoms with van der Waals surface area (Å²) in [4.78, 5) is 5.78. The maximum Gasteiger partial charge on any atom is 0.0618 e. The molecule has 3 heterocycles. The van der Waals surface area contributed by atoms with E-state index in [-0.39, 0.29) is 0 Å². The zero-order chi connectivity index (χ0) is 20.8. The number of piperidine rings is 1. The van der Waals surface area contributed by atoms with Crippen LogP contribution in [0.1, 0.15) is 24.1 Å². The van der Waals surface area contributed by atoms with Crippen molar-refractivity contribution in [2.45, 2.75) is 32.4 Å². The molecule has 0 saturated carbocycles. The summed E-state index contributed by atoms with van der Waals surface area (Å²) in [5.41, 5.74) is 6.48. The van der Waals surface area contributed by atoms with Gasteiger partial charge in [-0.05, 0) is 50.4 Å². The van der Waals surface area contributed by atoms with Gasteiger partial charge in [-0.25, -0.2) is 0 Å². The van der Waals surface area contributed by atoms with Crippen molar-refractivity contribution in [3.05, 3.63) is 47.8 Å². The molecule has 5 nitrogen and oxygen atoms in total. The molecular formula is C22H33N5S2. The van der Waals surface area contributed by atoms with E-state index in [0.717, 1.165) is 31.9 Å². The first-order valence-corrected chi connectivity index (χ1v) is 11.2. The summed E-state index contributed by atoms with van der Waals surface area (Å²) < 4.78 is 2.05. The average molecular weight is 432 g/mol. The van der Waals surface area contributed by atoms with Crippen LogP contribution in [0.25, 0.3) is 10.9 Å². The monoisotopic (exact) mass is 431 g/mol. The van der Waals surface area contributed by atoms with Gasteiger partial charge in [-0.3, -0.25) is 4.31 Å². The molecule has 2 aliphatic rings. The molecule has 0 bridgehead atoms. The number of thiol groups is 1. The van der Waals surface area contributed by atoms with Gasteiger partial charge in [-0.1, -0.05) is 43.2 Å². The summed E-state index contributed by atoms with van der Waals surface area (Å²) in [7, 11) is 2.05. The molecule has 2 aromatic rings. The van der Waals surface area contributed by atoms with E-state index in [1.165, 1.54) is 47.0 Å². The molecule has 2 fully saturated rings. The van der Waals surface area contributed by atoms with Crippen LogP contribution in [-0.4, -0.2) is 58.9 Å². The predicted octanol–water partition coefficient (Wildman–Crippen LogP) is 3.48. The van der Waals surface area contributed by atoms with Gasteiger partial charge in [0.05, 0.1) is 12.0 Å². The van der Waals surface area contributed by atoms with Crippen molar-refractivity contribution in [1.29, 1.82) is 0 Å². The maximum atomic E-state index is 4.70. The second kappa shape index (κ2) is 10.5. The Morgan fingerprint density at radius 3 is 2.83 bits per heavy atom. The minimum Gasteiger partial charge on any atom is -0.377 e. The highest BCUT2D eigenvalue weighted by molar-refractivity contribution is 7.78. The number of benzene rings is 1. The molecular weight excluding hydrogens is 398 g/mol. The van der Waals surface area contributed by atoms with Gasteiger partial charge >= 0.3 is 0 Å². The second-order valence-corrected chi connectivity index (χ2v) is 8.82. The van der Waals surface area contributed by atoms with Crippen LogP contribution in [0.5, 0.6) is 0 Å². The first-order valence-electron chi connectivity index (χ1n) is 10.3. The molecule has 0 amide bonds. The highest BCUT2D eigenvalue weighted by atomic mass is 32.1. The van der Waals surface area contributed by atoms with Crippen LogP contribution in [0.2, 0.25) is 0 Å².